The quantitative estimate of drug-likeness (QED) is 0.154. The molecule has 0 saturated heterocycles. The molecule has 1 aliphatic rings. The van der Waals surface area contributed by atoms with Crippen molar-refractivity contribution in [1.82, 2.24) is 14.5 Å². The van der Waals surface area contributed by atoms with E-state index in [1.807, 2.05) is 54.7 Å². The van der Waals surface area contributed by atoms with Crippen LogP contribution in [0.25, 0.3) is 72.7 Å². The largest absolute Gasteiger partial charge is 0.507 e. The van der Waals surface area contributed by atoms with Crippen molar-refractivity contribution in [2.45, 2.75) is 89.8 Å². The molecular weight excluding hydrogens is 998 g/mol. The molecule has 5 heteroatoms. The second-order valence-electron chi connectivity index (χ2n) is 19.8. The third kappa shape index (κ3) is 9.34. The number of imidazole rings is 1. The first-order valence-electron chi connectivity index (χ1n) is 24.3. The maximum atomic E-state index is 11.4. The van der Waals surface area contributed by atoms with Crippen molar-refractivity contribution in [2.75, 3.05) is 0 Å². The zero-order valence-electron chi connectivity index (χ0n) is 41.2. The summed E-state index contributed by atoms with van der Waals surface area (Å²) in [5.41, 5.74) is 15.3. The Balaban J connectivity index is 0.00000593. The van der Waals surface area contributed by atoms with Gasteiger partial charge >= 0.3 is 0 Å². The van der Waals surface area contributed by atoms with Crippen molar-refractivity contribution in [3.05, 3.63) is 204 Å². The standard InChI is InChI=1S/C62H58N3O.Pt/c1-61(2,3)50-32-33-56(54(40-50)46-18-11-8-12-19-46)65-57-22-15-21-52(59(57)64-60(65)53-20-13-14-23-58(53)66)48-36-49(38-51(37-48)62(4,5)6)55-39-47(34-35-63-55)45-30-28-44(29-31-45)43-26-24-42(25-27-43)41-16-9-7-10-17-41;/h7-23,28-35,37-40,42-43,66H,24-27H2,1-6H3;/q-1;/i42D,43D;. The molecule has 0 amide bonds. The van der Waals surface area contributed by atoms with Gasteiger partial charge in [0, 0.05) is 41.3 Å². The van der Waals surface area contributed by atoms with E-state index in [-0.39, 0.29) is 37.6 Å². The fraction of sp³-hybridized carbons (Fsp3) is 0.226. The molecule has 9 aromatic rings. The SMILES string of the molecule is [2H]C1(c2ccccc2)CCC([2H])(c2ccc(-c3ccnc(-c4[c-]c(-c5cccc6c5nc(-c5ccccc5O)n6-c5ccc(C(C)(C)C)cc5-c5ccccc5)cc(C(C)(C)C)c4)c3)cc2)CC1.[Pt]. The van der Waals surface area contributed by atoms with Crippen LogP contribution < -0.4 is 0 Å². The molecule has 1 N–H and O–H groups in total. The first-order chi connectivity index (χ1) is 32.6. The molecule has 4 nitrogen and oxygen atoms in total. The molecule has 2 aromatic heterocycles. The number of aromatic hydroxyl groups is 1. The van der Waals surface area contributed by atoms with E-state index in [0.717, 1.165) is 78.0 Å². The van der Waals surface area contributed by atoms with Gasteiger partial charge in [-0.05, 0) is 118 Å². The number of hydrogen-bond donors (Lipinski definition) is 1. The van der Waals surface area contributed by atoms with Crippen LogP contribution in [0, 0.1) is 6.07 Å². The summed E-state index contributed by atoms with van der Waals surface area (Å²) >= 11 is 0. The van der Waals surface area contributed by atoms with Crippen molar-refractivity contribution >= 4 is 11.0 Å². The third-order valence-corrected chi connectivity index (χ3v) is 13.3. The van der Waals surface area contributed by atoms with Gasteiger partial charge in [-0.2, -0.15) is 0 Å². The Morgan fingerprint density at radius 2 is 1.16 bits per heavy atom. The van der Waals surface area contributed by atoms with Gasteiger partial charge < -0.3 is 5.11 Å². The summed E-state index contributed by atoms with van der Waals surface area (Å²) in [4.78, 5) is 10.4. The average Bonchev–Trinajstić information content (AvgIpc) is 3.74. The normalized spacial score (nSPS) is 17.9. The zero-order valence-corrected chi connectivity index (χ0v) is 41.4. The monoisotopic (exact) mass is 1060 g/mol. The van der Waals surface area contributed by atoms with Crippen LogP contribution in [0.15, 0.2) is 176 Å². The molecule has 7 aromatic carbocycles. The number of rotatable bonds is 8. The van der Waals surface area contributed by atoms with Gasteiger partial charge in [0.1, 0.15) is 11.6 Å². The van der Waals surface area contributed by atoms with Gasteiger partial charge in [-0.1, -0.05) is 174 Å². The van der Waals surface area contributed by atoms with Gasteiger partial charge in [-0.3, -0.25) is 9.55 Å². The summed E-state index contributed by atoms with van der Waals surface area (Å²) < 4.78 is 20.9. The molecule has 0 unspecified atom stereocenters. The molecule has 0 spiro atoms. The Morgan fingerprint density at radius 3 is 1.84 bits per heavy atom. The molecule has 1 saturated carbocycles. The summed E-state index contributed by atoms with van der Waals surface area (Å²) in [7, 11) is 0. The molecule has 0 bridgehead atoms. The number of fused-ring (bicyclic) bond motifs is 1. The minimum absolute atomic E-state index is 0. The molecule has 1 aliphatic carbocycles. The van der Waals surface area contributed by atoms with Crippen molar-refractivity contribution < 1.29 is 28.9 Å². The number of phenols is 1. The van der Waals surface area contributed by atoms with Crippen LogP contribution in [-0.4, -0.2) is 19.6 Å². The predicted octanol–water partition coefficient (Wildman–Crippen LogP) is 16.3. The summed E-state index contributed by atoms with van der Waals surface area (Å²) in [6, 6.07) is 62.1. The molecule has 2 heterocycles. The topological polar surface area (TPSA) is 50.9 Å². The van der Waals surface area contributed by atoms with Crippen LogP contribution in [-0.2, 0) is 31.9 Å². The summed E-state index contributed by atoms with van der Waals surface area (Å²) in [6.45, 7) is 13.4. The Bertz CT molecular complexity index is 3290. The Kier molecular flexibility index (Phi) is 12.1. The van der Waals surface area contributed by atoms with Gasteiger partial charge in [0.25, 0.3) is 0 Å². The summed E-state index contributed by atoms with van der Waals surface area (Å²) in [6.07, 6.45) is 4.50. The Morgan fingerprint density at radius 1 is 0.552 bits per heavy atom. The predicted molar refractivity (Wildman–Crippen MR) is 274 cm³/mol. The average molecular weight is 1060 g/mol. The first kappa shape index (κ1) is 43.2. The van der Waals surface area contributed by atoms with E-state index >= 15 is 0 Å². The Hall–Kier alpha value is -6.35. The van der Waals surface area contributed by atoms with Crippen LogP contribution in [0.2, 0.25) is 0 Å². The molecule has 10 rings (SSSR count). The molecule has 1 fully saturated rings. The van der Waals surface area contributed by atoms with E-state index in [9.17, 15) is 7.85 Å². The van der Waals surface area contributed by atoms with Gasteiger partial charge in [-0.15, -0.1) is 29.3 Å². The fourth-order valence-corrected chi connectivity index (χ4v) is 9.50. The maximum absolute atomic E-state index is 11.4. The van der Waals surface area contributed by atoms with E-state index in [4.69, 9.17) is 9.97 Å². The van der Waals surface area contributed by atoms with E-state index < -0.39 is 11.8 Å². The first-order valence-corrected chi connectivity index (χ1v) is 23.3. The van der Waals surface area contributed by atoms with Crippen LogP contribution >= 0.6 is 0 Å². The molecule has 0 aliphatic heterocycles. The number of para-hydroxylation sites is 2. The number of benzene rings is 7. The third-order valence-electron chi connectivity index (χ3n) is 13.3. The maximum Gasteiger partial charge on any atom is 0.148 e. The number of phenolic OH excluding ortho intramolecular Hbond substituents is 1. The van der Waals surface area contributed by atoms with Crippen molar-refractivity contribution in [1.29, 1.82) is 0 Å². The number of nitrogens with zero attached hydrogens (tertiary/aromatic N) is 3. The molecule has 67 heavy (non-hydrogen) atoms. The minimum atomic E-state index is -0.720. The number of hydrogen-bond acceptors (Lipinski definition) is 3. The molecular formula is C62H58N3OPt-. The minimum Gasteiger partial charge on any atom is -0.507 e. The van der Waals surface area contributed by atoms with Gasteiger partial charge in [-0.25, -0.2) is 4.98 Å². The van der Waals surface area contributed by atoms with Crippen LogP contribution in [0.1, 0.15) is 104 Å². The van der Waals surface area contributed by atoms with E-state index in [0.29, 0.717) is 37.1 Å². The Labute approximate surface area is 413 Å². The van der Waals surface area contributed by atoms with Crippen molar-refractivity contribution in [3.8, 4) is 67.5 Å². The van der Waals surface area contributed by atoms with Crippen LogP contribution in [0.4, 0.5) is 0 Å². The summed E-state index contributed by atoms with van der Waals surface area (Å²) in [5.74, 6) is -0.554. The van der Waals surface area contributed by atoms with Crippen molar-refractivity contribution in [3.63, 3.8) is 0 Å². The van der Waals surface area contributed by atoms with Crippen molar-refractivity contribution in [2.24, 2.45) is 0 Å². The van der Waals surface area contributed by atoms with Gasteiger partial charge in [0.15, 0.2) is 0 Å². The fourth-order valence-electron chi connectivity index (χ4n) is 9.50. The van der Waals surface area contributed by atoms with Crippen LogP contribution in [0.3, 0.4) is 0 Å². The van der Waals surface area contributed by atoms with Crippen LogP contribution in [0.5, 0.6) is 5.75 Å². The van der Waals surface area contributed by atoms with Gasteiger partial charge in [0.2, 0.25) is 0 Å². The molecule has 0 atom stereocenters. The molecule has 338 valence electrons. The summed E-state index contributed by atoms with van der Waals surface area (Å²) in [5, 5.41) is 11.4. The van der Waals surface area contributed by atoms with Gasteiger partial charge in [0.05, 0.1) is 22.3 Å². The van der Waals surface area contributed by atoms with E-state index in [1.165, 1.54) is 5.56 Å². The zero-order chi connectivity index (χ0) is 47.4. The van der Waals surface area contributed by atoms with E-state index in [1.54, 1.807) is 6.07 Å². The number of aromatic nitrogens is 3. The second kappa shape index (κ2) is 18.7. The smallest absolute Gasteiger partial charge is 0.148 e. The second-order valence-corrected chi connectivity index (χ2v) is 19.8. The number of pyridine rings is 1. The molecule has 0 radical (unpaired) electrons. The van der Waals surface area contributed by atoms with E-state index in [2.05, 4.69) is 167 Å².